The first-order valence-corrected chi connectivity index (χ1v) is 10.2. The number of ether oxygens (including phenoxy) is 1. The molecule has 0 radical (unpaired) electrons. The van der Waals surface area contributed by atoms with Crippen LogP contribution in [0.15, 0.2) is 60.7 Å². The van der Waals surface area contributed by atoms with Gasteiger partial charge in [-0.2, -0.15) is 0 Å². The number of hydrogen-bond donors (Lipinski definition) is 2. The minimum absolute atomic E-state index is 0.150. The molecule has 0 amide bonds. The summed E-state index contributed by atoms with van der Waals surface area (Å²) in [4.78, 5) is 13.3. The predicted molar refractivity (Wildman–Crippen MR) is 122 cm³/mol. The van der Waals surface area contributed by atoms with Crippen molar-refractivity contribution in [1.29, 1.82) is 0 Å². The fourth-order valence-corrected chi connectivity index (χ4v) is 4.04. The van der Waals surface area contributed by atoms with Crippen molar-refractivity contribution in [3.63, 3.8) is 0 Å². The van der Waals surface area contributed by atoms with Gasteiger partial charge >= 0.3 is 5.97 Å². The van der Waals surface area contributed by atoms with E-state index in [1.54, 1.807) is 6.08 Å². The van der Waals surface area contributed by atoms with Gasteiger partial charge in [-0.3, -0.25) is 9.36 Å². The zero-order chi connectivity index (χ0) is 22.1. The van der Waals surface area contributed by atoms with Crippen LogP contribution in [-0.2, 0) is 17.9 Å². The fourth-order valence-electron chi connectivity index (χ4n) is 3.72. The summed E-state index contributed by atoms with van der Waals surface area (Å²) in [5, 5.41) is 22.1. The first-order valence-electron chi connectivity index (χ1n) is 9.75. The molecular formula is C23H21N3O4S. The van der Waals surface area contributed by atoms with Crippen molar-refractivity contribution in [2.75, 3.05) is 11.4 Å². The summed E-state index contributed by atoms with van der Waals surface area (Å²) in [5.41, 5.74) is 4.27. The number of allylic oxidation sites excluding steroid dienone is 1. The molecule has 1 aromatic heterocycles. The van der Waals surface area contributed by atoms with Crippen molar-refractivity contribution in [2.24, 2.45) is 0 Å². The van der Waals surface area contributed by atoms with E-state index in [0.29, 0.717) is 18.2 Å². The zero-order valence-corrected chi connectivity index (χ0v) is 17.7. The average molecular weight is 436 g/mol. The van der Waals surface area contributed by atoms with E-state index in [0.717, 1.165) is 16.5 Å². The number of rotatable bonds is 6. The smallest absolute Gasteiger partial charge is 0.323 e. The molecule has 0 spiro atoms. The predicted octanol–water partition coefficient (Wildman–Crippen LogP) is 4.52. The number of carboxylic acids is 1. The molecule has 2 aromatic carbocycles. The third-order valence-corrected chi connectivity index (χ3v) is 5.52. The second kappa shape index (κ2) is 8.18. The Kier molecular flexibility index (Phi) is 5.42. The molecule has 3 aromatic rings. The van der Waals surface area contributed by atoms with Gasteiger partial charge in [-0.15, -0.1) is 6.58 Å². The molecule has 4 rings (SSSR count). The molecule has 2 heterocycles. The van der Waals surface area contributed by atoms with E-state index in [2.05, 4.69) is 12.3 Å². The van der Waals surface area contributed by atoms with Gasteiger partial charge in [-0.1, -0.05) is 42.1 Å². The number of hydrogen-bond acceptors (Lipinski definition) is 5. The molecule has 31 heavy (non-hydrogen) atoms. The molecule has 0 saturated carbocycles. The van der Waals surface area contributed by atoms with Gasteiger partial charge < -0.3 is 24.4 Å². The van der Waals surface area contributed by atoms with Crippen LogP contribution in [0.1, 0.15) is 12.6 Å². The topological polar surface area (TPSA) is 79.9 Å². The van der Waals surface area contributed by atoms with E-state index < -0.39 is 5.97 Å². The van der Waals surface area contributed by atoms with Gasteiger partial charge in [0.05, 0.1) is 5.69 Å². The SMILES string of the molecule is C=CCn1c(O)c(C=C=C2Oc3ccc4ccccc4c3N2CC)n(CC(=O)O)c1=S. The maximum atomic E-state index is 11.3. The summed E-state index contributed by atoms with van der Waals surface area (Å²) in [6.07, 6.45) is 3.08. The minimum atomic E-state index is -1.07. The number of aromatic hydroxyl groups is 1. The lowest BCUT2D eigenvalue weighted by molar-refractivity contribution is -0.137. The van der Waals surface area contributed by atoms with Crippen LogP contribution in [0.2, 0.25) is 0 Å². The summed E-state index contributed by atoms with van der Waals surface area (Å²) in [6, 6.07) is 12.0. The van der Waals surface area contributed by atoms with Crippen molar-refractivity contribution in [3.8, 4) is 11.6 Å². The fraction of sp³-hybridized carbons (Fsp3) is 0.174. The second-order valence-corrected chi connectivity index (χ2v) is 7.31. The highest BCUT2D eigenvalue weighted by atomic mass is 32.1. The third-order valence-electron chi connectivity index (χ3n) is 5.08. The monoisotopic (exact) mass is 435 g/mol. The number of aromatic nitrogens is 2. The van der Waals surface area contributed by atoms with Crippen LogP contribution in [0.4, 0.5) is 5.69 Å². The Morgan fingerprint density at radius 1 is 1.26 bits per heavy atom. The molecule has 0 atom stereocenters. The summed E-state index contributed by atoms with van der Waals surface area (Å²) in [7, 11) is 0. The molecule has 0 bridgehead atoms. The van der Waals surface area contributed by atoms with Crippen LogP contribution in [0.25, 0.3) is 16.8 Å². The van der Waals surface area contributed by atoms with Crippen LogP contribution in [0.3, 0.4) is 0 Å². The average Bonchev–Trinajstić information content (AvgIpc) is 3.22. The van der Waals surface area contributed by atoms with Gasteiger partial charge in [0, 0.05) is 24.6 Å². The highest BCUT2D eigenvalue weighted by Gasteiger charge is 2.27. The number of imidazole rings is 1. The number of fused-ring (bicyclic) bond motifs is 3. The number of aliphatic carboxylic acids is 1. The first kappa shape index (κ1) is 20.5. The molecule has 0 aliphatic carbocycles. The number of carboxylic acid groups (broad SMARTS) is 1. The van der Waals surface area contributed by atoms with E-state index in [-0.39, 0.29) is 29.4 Å². The van der Waals surface area contributed by atoms with Crippen molar-refractivity contribution in [3.05, 3.63) is 71.1 Å². The van der Waals surface area contributed by atoms with Gasteiger partial charge in [0.25, 0.3) is 0 Å². The van der Waals surface area contributed by atoms with E-state index >= 15 is 0 Å². The molecule has 1 aliphatic rings. The Bertz CT molecular complexity index is 1330. The lowest BCUT2D eigenvalue weighted by Gasteiger charge is -2.15. The molecule has 0 saturated heterocycles. The van der Waals surface area contributed by atoms with E-state index in [4.69, 9.17) is 17.0 Å². The van der Waals surface area contributed by atoms with Crippen molar-refractivity contribution >= 4 is 40.7 Å². The minimum Gasteiger partial charge on any atom is -0.493 e. The first-order chi connectivity index (χ1) is 15.0. The van der Waals surface area contributed by atoms with Crippen molar-refractivity contribution in [2.45, 2.75) is 20.0 Å². The Hall–Kier alpha value is -3.74. The molecule has 2 N–H and O–H groups in total. The maximum Gasteiger partial charge on any atom is 0.323 e. The number of nitrogens with zero attached hydrogens (tertiary/aromatic N) is 3. The number of benzene rings is 2. The summed E-state index contributed by atoms with van der Waals surface area (Å²) in [5.74, 6) is -0.0478. The standard InChI is InChI=1S/C23H21N3O4S/c1-3-13-25-22(29)17(26(23(25)31)14-20(27)28)10-12-19-24(4-2)21-16-8-6-5-7-15(16)9-11-18(21)30-19/h3,5-11,29H,1,4,13-14H2,2H3,(H,27,28). The van der Waals surface area contributed by atoms with Gasteiger partial charge in [-0.05, 0) is 30.6 Å². The quantitative estimate of drug-likeness (QED) is 0.337. The van der Waals surface area contributed by atoms with Gasteiger partial charge in [0.1, 0.15) is 12.2 Å². The van der Waals surface area contributed by atoms with Crippen LogP contribution < -0.4 is 9.64 Å². The maximum absolute atomic E-state index is 11.3. The molecule has 8 heteroatoms. The Labute approximate surface area is 184 Å². The molecule has 0 fully saturated rings. The highest BCUT2D eigenvalue weighted by Crippen LogP contribution is 2.43. The normalized spacial score (nSPS) is 12.4. The van der Waals surface area contributed by atoms with Crippen LogP contribution in [0, 0.1) is 4.77 Å². The van der Waals surface area contributed by atoms with E-state index in [1.807, 2.05) is 48.2 Å². The molecule has 0 unspecified atom stereocenters. The Balaban J connectivity index is 1.85. The highest BCUT2D eigenvalue weighted by molar-refractivity contribution is 7.71. The molecule has 158 valence electrons. The number of anilines is 1. The summed E-state index contributed by atoms with van der Waals surface area (Å²) >= 11 is 5.35. The van der Waals surface area contributed by atoms with Gasteiger partial charge in [0.2, 0.25) is 11.8 Å². The molecular weight excluding hydrogens is 414 g/mol. The summed E-state index contributed by atoms with van der Waals surface area (Å²) in [6.45, 7) is 6.17. The third kappa shape index (κ3) is 3.52. The van der Waals surface area contributed by atoms with Gasteiger partial charge in [-0.25, -0.2) is 0 Å². The van der Waals surface area contributed by atoms with Gasteiger partial charge in [0.15, 0.2) is 10.5 Å². The number of carbonyl (C=O) groups is 1. The summed E-state index contributed by atoms with van der Waals surface area (Å²) < 4.78 is 8.98. The second-order valence-electron chi connectivity index (χ2n) is 6.94. The molecule has 7 nitrogen and oxygen atoms in total. The van der Waals surface area contributed by atoms with Crippen molar-refractivity contribution in [1.82, 2.24) is 9.13 Å². The van der Waals surface area contributed by atoms with Crippen molar-refractivity contribution < 1.29 is 19.7 Å². The largest absolute Gasteiger partial charge is 0.493 e. The Morgan fingerprint density at radius 2 is 2.03 bits per heavy atom. The van der Waals surface area contributed by atoms with Crippen LogP contribution in [0.5, 0.6) is 11.6 Å². The molecule has 1 aliphatic heterocycles. The lowest BCUT2D eigenvalue weighted by atomic mass is 10.1. The van der Waals surface area contributed by atoms with Crippen LogP contribution in [-0.4, -0.2) is 31.9 Å². The van der Waals surface area contributed by atoms with Crippen LogP contribution >= 0.6 is 12.2 Å². The lowest BCUT2D eigenvalue weighted by Crippen LogP contribution is -2.18. The van der Waals surface area contributed by atoms with E-state index in [9.17, 15) is 15.0 Å². The zero-order valence-electron chi connectivity index (χ0n) is 16.9. The van der Waals surface area contributed by atoms with E-state index in [1.165, 1.54) is 15.2 Å². The Morgan fingerprint density at radius 3 is 2.74 bits per heavy atom.